The third kappa shape index (κ3) is 4.85. The lowest BCUT2D eigenvalue weighted by Gasteiger charge is -2.35. The summed E-state index contributed by atoms with van der Waals surface area (Å²) in [6, 6.07) is 3.50. The molecule has 0 unspecified atom stereocenters. The number of ether oxygens (including phenoxy) is 2. The first-order valence-electron chi connectivity index (χ1n) is 9.53. The average molecular weight is 427 g/mol. The molecule has 2 fully saturated rings. The number of amides is 1. The van der Waals surface area contributed by atoms with Gasteiger partial charge >= 0.3 is 5.69 Å². The Morgan fingerprint density at radius 3 is 2.45 bits per heavy atom. The van der Waals surface area contributed by atoms with Crippen LogP contribution in [0.4, 0.5) is 5.69 Å². The number of nitrogens with zero attached hydrogens (tertiary/aromatic N) is 3. The zero-order chi connectivity index (χ0) is 21.2. The second-order valence-corrected chi connectivity index (χ2v) is 9.28. The van der Waals surface area contributed by atoms with E-state index in [2.05, 4.69) is 0 Å². The molecule has 2 aliphatic heterocycles. The monoisotopic (exact) mass is 427 g/mol. The Hall–Kier alpha value is -2.24. The summed E-state index contributed by atoms with van der Waals surface area (Å²) < 4.78 is 37.6. The number of hydrogen-bond donors (Lipinski definition) is 0. The molecule has 1 aromatic rings. The third-order valence-corrected chi connectivity index (χ3v) is 6.85. The smallest absolute Gasteiger partial charge is 0.312 e. The van der Waals surface area contributed by atoms with Gasteiger partial charge in [0.25, 0.3) is 5.91 Å². The Morgan fingerprint density at radius 1 is 1.24 bits per heavy atom. The van der Waals surface area contributed by atoms with Gasteiger partial charge in [-0.05, 0) is 38.8 Å². The molecular formula is C18H25N3O7S. The molecule has 1 aromatic carbocycles. The van der Waals surface area contributed by atoms with Crippen LogP contribution < -0.4 is 4.74 Å². The van der Waals surface area contributed by atoms with Gasteiger partial charge in [-0.25, -0.2) is 8.42 Å². The molecule has 0 bridgehead atoms. The van der Waals surface area contributed by atoms with Crippen molar-refractivity contribution in [2.45, 2.75) is 43.8 Å². The summed E-state index contributed by atoms with van der Waals surface area (Å²) in [5, 5.41) is 11.5. The van der Waals surface area contributed by atoms with E-state index in [0.29, 0.717) is 26.2 Å². The fourth-order valence-corrected chi connectivity index (χ4v) is 5.15. The Balaban J connectivity index is 1.74. The predicted octanol–water partition coefficient (Wildman–Crippen LogP) is 1.39. The number of benzene rings is 1. The number of carbonyl (C=O) groups is 1. The van der Waals surface area contributed by atoms with Crippen LogP contribution in [0, 0.1) is 10.1 Å². The van der Waals surface area contributed by atoms with Gasteiger partial charge in [0, 0.05) is 32.2 Å². The fraction of sp³-hybridized carbons (Fsp3) is 0.611. The van der Waals surface area contributed by atoms with E-state index >= 15 is 0 Å². The normalized spacial score (nSPS) is 23.2. The van der Waals surface area contributed by atoms with E-state index in [1.54, 1.807) is 4.90 Å². The van der Waals surface area contributed by atoms with Crippen molar-refractivity contribution in [3.05, 3.63) is 28.3 Å². The van der Waals surface area contributed by atoms with Crippen LogP contribution in [-0.4, -0.2) is 73.4 Å². The lowest BCUT2D eigenvalue weighted by Crippen LogP contribution is -2.49. The van der Waals surface area contributed by atoms with Crippen LogP contribution in [0.5, 0.6) is 5.75 Å². The van der Waals surface area contributed by atoms with Gasteiger partial charge in [-0.3, -0.25) is 14.9 Å². The molecule has 0 aromatic heterocycles. The van der Waals surface area contributed by atoms with Gasteiger partial charge in [0.1, 0.15) is 0 Å². The number of nitro benzene ring substituents is 1. The molecule has 2 atom stereocenters. The van der Waals surface area contributed by atoms with Crippen molar-refractivity contribution < 1.29 is 27.6 Å². The molecular weight excluding hydrogens is 402 g/mol. The Labute approximate surface area is 169 Å². The molecule has 0 N–H and O–H groups in total. The van der Waals surface area contributed by atoms with Crippen molar-refractivity contribution in [2.75, 3.05) is 32.8 Å². The average Bonchev–Trinajstić information content (AvgIpc) is 3.20. The highest BCUT2D eigenvalue weighted by molar-refractivity contribution is 7.89. The first-order chi connectivity index (χ1) is 13.7. The van der Waals surface area contributed by atoms with E-state index in [9.17, 15) is 23.3 Å². The van der Waals surface area contributed by atoms with E-state index < -0.39 is 20.6 Å². The maximum absolute atomic E-state index is 12.6. The molecule has 0 radical (unpaired) electrons. The second-order valence-electron chi connectivity index (χ2n) is 7.34. The van der Waals surface area contributed by atoms with Crippen LogP contribution in [0.2, 0.25) is 0 Å². The van der Waals surface area contributed by atoms with Crippen molar-refractivity contribution in [2.24, 2.45) is 0 Å². The molecule has 2 heterocycles. The summed E-state index contributed by atoms with van der Waals surface area (Å²) in [6.07, 6.45) is 1.33. The fourth-order valence-electron chi connectivity index (χ4n) is 3.61. The lowest BCUT2D eigenvalue weighted by atomic mass is 10.2. The van der Waals surface area contributed by atoms with Crippen molar-refractivity contribution in [3.63, 3.8) is 0 Å². The molecule has 2 aliphatic rings. The predicted molar refractivity (Wildman–Crippen MR) is 103 cm³/mol. The minimum Gasteiger partial charge on any atom is -0.477 e. The third-order valence-electron chi connectivity index (χ3n) is 4.95. The molecule has 29 heavy (non-hydrogen) atoms. The van der Waals surface area contributed by atoms with E-state index in [1.165, 1.54) is 16.4 Å². The van der Waals surface area contributed by atoms with Crippen molar-refractivity contribution in [1.82, 2.24) is 9.21 Å². The number of rotatable bonds is 6. The van der Waals surface area contributed by atoms with Gasteiger partial charge in [-0.1, -0.05) is 0 Å². The van der Waals surface area contributed by atoms with Crippen LogP contribution in [0.1, 0.15) is 26.7 Å². The number of nitro groups is 1. The summed E-state index contributed by atoms with van der Waals surface area (Å²) in [7, 11) is -3.79. The van der Waals surface area contributed by atoms with Crippen molar-refractivity contribution in [1.29, 1.82) is 0 Å². The van der Waals surface area contributed by atoms with Crippen molar-refractivity contribution >= 4 is 21.6 Å². The molecule has 160 valence electrons. The topological polar surface area (TPSA) is 119 Å². The summed E-state index contributed by atoms with van der Waals surface area (Å²) in [5.74, 6) is -0.451. The van der Waals surface area contributed by atoms with Gasteiger partial charge < -0.3 is 14.4 Å². The number of morpholine rings is 1. The zero-order valence-corrected chi connectivity index (χ0v) is 17.3. The van der Waals surface area contributed by atoms with Crippen LogP contribution in [-0.2, 0) is 19.6 Å². The highest BCUT2D eigenvalue weighted by Crippen LogP contribution is 2.32. The molecule has 2 saturated heterocycles. The minimum atomic E-state index is -3.79. The zero-order valence-electron chi connectivity index (χ0n) is 16.4. The molecule has 10 nitrogen and oxygen atoms in total. The highest BCUT2D eigenvalue weighted by atomic mass is 32.2. The number of sulfonamides is 1. The Bertz CT molecular complexity index is 873. The van der Waals surface area contributed by atoms with Crippen LogP contribution in [0.15, 0.2) is 23.1 Å². The van der Waals surface area contributed by atoms with E-state index in [-0.39, 0.29) is 35.4 Å². The van der Waals surface area contributed by atoms with E-state index in [1.807, 2.05) is 13.8 Å². The largest absolute Gasteiger partial charge is 0.477 e. The maximum atomic E-state index is 12.6. The summed E-state index contributed by atoms with van der Waals surface area (Å²) >= 11 is 0. The molecule has 0 aliphatic carbocycles. The quantitative estimate of drug-likeness (QED) is 0.497. The molecule has 1 amide bonds. The second kappa shape index (κ2) is 8.64. The van der Waals surface area contributed by atoms with Gasteiger partial charge in [0.2, 0.25) is 10.0 Å². The Kier molecular flexibility index (Phi) is 6.39. The molecule has 0 spiro atoms. The Morgan fingerprint density at radius 2 is 1.86 bits per heavy atom. The summed E-state index contributed by atoms with van der Waals surface area (Å²) in [5.41, 5.74) is -0.484. The standard InChI is InChI=1S/C18H25N3O7S/c1-13-10-19(11-14(2)28-13)18(22)12-27-17-6-5-15(9-16(17)21(23)24)29(25,26)20-7-3-4-8-20/h5-6,9,13-14H,3-4,7-8,10-12H2,1-2H3/t13-,14-/m0/s1. The summed E-state index contributed by atoms with van der Waals surface area (Å²) in [6.45, 7) is 4.99. The van der Waals surface area contributed by atoms with Gasteiger partial charge in [-0.15, -0.1) is 0 Å². The van der Waals surface area contributed by atoms with Crippen LogP contribution in [0.3, 0.4) is 0 Å². The minimum absolute atomic E-state index is 0.105. The maximum Gasteiger partial charge on any atom is 0.312 e. The van der Waals surface area contributed by atoms with Gasteiger partial charge in [-0.2, -0.15) is 4.31 Å². The highest BCUT2D eigenvalue weighted by Gasteiger charge is 2.31. The van der Waals surface area contributed by atoms with Crippen molar-refractivity contribution in [3.8, 4) is 5.75 Å². The van der Waals surface area contributed by atoms with E-state index in [0.717, 1.165) is 18.9 Å². The first-order valence-corrected chi connectivity index (χ1v) is 11.0. The lowest BCUT2D eigenvalue weighted by molar-refractivity contribution is -0.386. The number of carbonyl (C=O) groups excluding carboxylic acids is 1. The number of hydrogen-bond acceptors (Lipinski definition) is 7. The SMILES string of the molecule is C[C@H]1CN(C(=O)COc2ccc(S(=O)(=O)N3CCCC3)cc2[N+](=O)[O-])C[C@H](C)O1. The van der Waals surface area contributed by atoms with Crippen LogP contribution >= 0.6 is 0 Å². The molecule has 0 saturated carbocycles. The van der Waals surface area contributed by atoms with Gasteiger partial charge in [0.05, 0.1) is 22.0 Å². The first kappa shape index (κ1) is 21.5. The van der Waals surface area contributed by atoms with Gasteiger partial charge in [0.15, 0.2) is 12.4 Å². The summed E-state index contributed by atoms with van der Waals surface area (Å²) in [4.78, 5) is 24.6. The van der Waals surface area contributed by atoms with Crippen LogP contribution in [0.25, 0.3) is 0 Å². The molecule has 3 rings (SSSR count). The van der Waals surface area contributed by atoms with E-state index in [4.69, 9.17) is 9.47 Å². The molecule has 11 heteroatoms.